The number of nitrogens with one attached hydrogen (secondary N) is 1. The minimum atomic E-state index is 0.0826. The molecule has 1 saturated heterocycles. The summed E-state index contributed by atoms with van der Waals surface area (Å²) in [6.45, 7) is 3.57. The summed E-state index contributed by atoms with van der Waals surface area (Å²) in [4.78, 5) is 14.3. The number of carbonyl (C=O) groups is 1. The van der Waals surface area contributed by atoms with E-state index in [1.54, 1.807) is 0 Å². The number of nitrogens with zero attached hydrogens (tertiary/aromatic N) is 3. The molecule has 0 radical (unpaired) electrons. The first-order chi connectivity index (χ1) is 13.3. The Kier molecular flexibility index (Phi) is 5.65. The highest BCUT2D eigenvalue weighted by atomic mass is 16.5. The molecule has 2 aromatic rings. The number of amides is 1. The number of benzene rings is 1. The predicted octanol–water partition coefficient (Wildman–Crippen LogP) is 2.26. The van der Waals surface area contributed by atoms with E-state index in [4.69, 9.17) is 4.74 Å². The zero-order valence-corrected chi connectivity index (χ0v) is 15.5. The van der Waals surface area contributed by atoms with Gasteiger partial charge in [0.05, 0.1) is 24.5 Å². The number of hydrogen-bond acceptors (Lipinski definition) is 4. The van der Waals surface area contributed by atoms with Crippen molar-refractivity contribution < 1.29 is 9.53 Å². The summed E-state index contributed by atoms with van der Waals surface area (Å²) in [6, 6.07) is 10.1. The predicted molar refractivity (Wildman–Crippen MR) is 105 cm³/mol. The van der Waals surface area contributed by atoms with Gasteiger partial charge in [0.2, 0.25) is 5.91 Å². The zero-order chi connectivity index (χ0) is 18.5. The van der Waals surface area contributed by atoms with E-state index in [-0.39, 0.29) is 12.0 Å². The van der Waals surface area contributed by atoms with Gasteiger partial charge in [-0.25, -0.2) is 4.68 Å². The number of rotatable bonds is 6. The van der Waals surface area contributed by atoms with Crippen molar-refractivity contribution in [1.82, 2.24) is 20.0 Å². The lowest BCUT2D eigenvalue weighted by Crippen LogP contribution is -2.41. The third-order valence-corrected chi connectivity index (χ3v) is 5.19. The minimum Gasteiger partial charge on any atom is -0.376 e. The van der Waals surface area contributed by atoms with E-state index in [0.29, 0.717) is 13.1 Å². The van der Waals surface area contributed by atoms with Crippen molar-refractivity contribution >= 4 is 11.5 Å². The third-order valence-electron chi connectivity index (χ3n) is 5.19. The van der Waals surface area contributed by atoms with Crippen LogP contribution in [0.2, 0.25) is 0 Å². The van der Waals surface area contributed by atoms with E-state index in [1.165, 1.54) is 5.57 Å². The largest absolute Gasteiger partial charge is 0.376 e. The molecule has 3 heterocycles. The van der Waals surface area contributed by atoms with Crippen molar-refractivity contribution in [2.45, 2.75) is 25.4 Å². The lowest BCUT2D eigenvalue weighted by atomic mass is 10.0. The molecule has 0 bridgehead atoms. The van der Waals surface area contributed by atoms with Gasteiger partial charge in [-0.05, 0) is 37.0 Å². The Hall–Kier alpha value is -2.44. The Morgan fingerprint density at radius 3 is 2.93 bits per heavy atom. The second kappa shape index (κ2) is 8.50. The molecule has 2 aliphatic rings. The van der Waals surface area contributed by atoms with E-state index < -0.39 is 0 Å². The van der Waals surface area contributed by atoms with Crippen LogP contribution in [0.1, 0.15) is 24.8 Å². The van der Waals surface area contributed by atoms with Gasteiger partial charge in [0.25, 0.3) is 0 Å². The van der Waals surface area contributed by atoms with Crippen LogP contribution in [-0.2, 0) is 9.53 Å². The van der Waals surface area contributed by atoms with Crippen LogP contribution in [0.25, 0.3) is 11.3 Å². The fourth-order valence-corrected chi connectivity index (χ4v) is 3.62. The topological polar surface area (TPSA) is 59.4 Å². The van der Waals surface area contributed by atoms with E-state index in [1.807, 2.05) is 41.2 Å². The zero-order valence-electron chi connectivity index (χ0n) is 15.5. The molecule has 1 aromatic carbocycles. The van der Waals surface area contributed by atoms with E-state index in [9.17, 15) is 4.79 Å². The summed E-state index contributed by atoms with van der Waals surface area (Å²) in [5.74, 6) is 0.0826. The number of carbonyl (C=O) groups excluding carboxylic acids is 1. The Morgan fingerprint density at radius 2 is 2.19 bits per heavy atom. The first-order valence-corrected chi connectivity index (χ1v) is 9.68. The number of aromatic nitrogens is 2. The van der Waals surface area contributed by atoms with Crippen LogP contribution in [0.4, 0.5) is 0 Å². The van der Waals surface area contributed by atoms with Crippen LogP contribution >= 0.6 is 0 Å². The molecule has 1 atom stereocenters. The summed E-state index contributed by atoms with van der Waals surface area (Å²) in [6.07, 6.45) is 9.48. The van der Waals surface area contributed by atoms with Gasteiger partial charge in [0.15, 0.2) is 0 Å². The average molecular weight is 366 g/mol. The molecular weight excluding hydrogens is 340 g/mol. The first kappa shape index (κ1) is 17.9. The normalized spacial score (nSPS) is 20.4. The van der Waals surface area contributed by atoms with Crippen LogP contribution in [-0.4, -0.2) is 59.5 Å². The van der Waals surface area contributed by atoms with Crippen molar-refractivity contribution in [3.05, 3.63) is 54.4 Å². The van der Waals surface area contributed by atoms with Crippen LogP contribution < -0.4 is 5.32 Å². The van der Waals surface area contributed by atoms with Gasteiger partial charge in [-0.1, -0.05) is 24.3 Å². The third kappa shape index (κ3) is 4.64. The van der Waals surface area contributed by atoms with Crippen LogP contribution in [0.15, 0.2) is 48.8 Å². The quantitative estimate of drug-likeness (QED) is 0.852. The summed E-state index contributed by atoms with van der Waals surface area (Å²) in [5.41, 5.74) is 3.51. The molecule has 6 heteroatoms. The van der Waals surface area contributed by atoms with Gasteiger partial charge in [-0.15, -0.1) is 0 Å². The Balaban J connectivity index is 1.28. The Morgan fingerprint density at radius 1 is 1.30 bits per heavy atom. The van der Waals surface area contributed by atoms with Crippen molar-refractivity contribution in [3.63, 3.8) is 0 Å². The SMILES string of the molecule is O=C(CN1CC=C(c2cnn(-c3ccccc3)c2)CC1)NC[C@H]1CCCO1. The second-order valence-electron chi connectivity index (χ2n) is 7.16. The maximum atomic E-state index is 12.1. The van der Waals surface area contributed by atoms with E-state index in [0.717, 1.165) is 50.2 Å². The molecule has 142 valence electrons. The standard InChI is InChI=1S/C21H26N4O2/c26-21(22-14-20-7-4-12-27-20)16-24-10-8-17(9-11-24)18-13-23-25(15-18)19-5-2-1-3-6-19/h1-3,5-6,8,13,15,20H,4,7,9-12,14,16H2,(H,22,26)/t20-/m1/s1. The molecule has 2 aliphatic heterocycles. The first-order valence-electron chi connectivity index (χ1n) is 9.68. The number of para-hydroxylation sites is 1. The van der Waals surface area contributed by atoms with Gasteiger partial charge >= 0.3 is 0 Å². The van der Waals surface area contributed by atoms with Crippen molar-refractivity contribution in [2.24, 2.45) is 0 Å². The number of ether oxygens (including phenoxy) is 1. The molecule has 1 fully saturated rings. The van der Waals surface area contributed by atoms with Gasteiger partial charge in [-0.2, -0.15) is 5.10 Å². The Bertz CT molecular complexity index is 794. The fourth-order valence-electron chi connectivity index (χ4n) is 3.62. The average Bonchev–Trinajstić information content (AvgIpc) is 3.40. The second-order valence-corrected chi connectivity index (χ2v) is 7.16. The molecule has 1 N–H and O–H groups in total. The molecule has 0 unspecified atom stereocenters. The van der Waals surface area contributed by atoms with E-state index >= 15 is 0 Å². The van der Waals surface area contributed by atoms with Crippen LogP contribution in [0.3, 0.4) is 0 Å². The molecule has 27 heavy (non-hydrogen) atoms. The van der Waals surface area contributed by atoms with Crippen LogP contribution in [0.5, 0.6) is 0 Å². The molecule has 4 rings (SSSR count). The highest BCUT2D eigenvalue weighted by Gasteiger charge is 2.19. The lowest BCUT2D eigenvalue weighted by molar-refractivity contribution is -0.122. The smallest absolute Gasteiger partial charge is 0.234 e. The van der Waals surface area contributed by atoms with Crippen molar-refractivity contribution in [2.75, 3.05) is 32.8 Å². The molecule has 0 saturated carbocycles. The summed E-state index contributed by atoms with van der Waals surface area (Å²) in [5, 5.41) is 7.47. The van der Waals surface area contributed by atoms with Gasteiger partial charge in [0, 0.05) is 38.0 Å². The summed E-state index contributed by atoms with van der Waals surface area (Å²) in [7, 11) is 0. The van der Waals surface area contributed by atoms with Gasteiger partial charge < -0.3 is 10.1 Å². The molecule has 1 amide bonds. The lowest BCUT2D eigenvalue weighted by Gasteiger charge is -2.25. The highest BCUT2D eigenvalue weighted by Crippen LogP contribution is 2.22. The molecule has 6 nitrogen and oxygen atoms in total. The highest BCUT2D eigenvalue weighted by molar-refractivity contribution is 5.78. The summed E-state index contributed by atoms with van der Waals surface area (Å²) >= 11 is 0. The molecule has 1 aromatic heterocycles. The molecule has 0 spiro atoms. The molecule has 0 aliphatic carbocycles. The van der Waals surface area contributed by atoms with Crippen molar-refractivity contribution in [3.8, 4) is 5.69 Å². The monoisotopic (exact) mass is 366 g/mol. The van der Waals surface area contributed by atoms with Crippen molar-refractivity contribution in [1.29, 1.82) is 0 Å². The van der Waals surface area contributed by atoms with Crippen LogP contribution in [0, 0.1) is 0 Å². The number of hydrogen-bond donors (Lipinski definition) is 1. The Labute approximate surface area is 159 Å². The maximum Gasteiger partial charge on any atom is 0.234 e. The van der Waals surface area contributed by atoms with E-state index in [2.05, 4.69) is 27.6 Å². The van der Waals surface area contributed by atoms with Gasteiger partial charge in [-0.3, -0.25) is 9.69 Å². The maximum absolute atomic E-state index is 12.1. The molecular formula is C21H26N4O2. The fraction of sp³-hybridized carbons (Fsp3) is 0.429. The minimum absolute atomic E-state index is 0.0826. The van der Waals surface area contributed by atoms with Gasteiger partial charge in [0.1, 0.15) is 0 Å². The summed E-state index contributed by atoms with van der Waals surface area (Å²) < 4.78 is 7.45.